The molecule has 0 bridgehead atoms. The number of nitrogens with one attached hydrogen (secondary N) is 1. The van der Waals surface area contributed by atoms with E-state index in [4.69, 9.17) is 0 Å². The molecule has 2 aromatic carbocycles. The average molecular weight is 606 g/mol. The Morgan fingerprint density at radius 2 is 1.84 bits per heavy atom. The molecular formula is C35H47N3O4S. The van der Waals surface area contributed by atoms with Crippen LogP contribution < -0.4 is 5.32 Å². The molecule has 0 aliphatic carbocycles. The molecule has 0 saturated carbocycles. The van der Waals surface area contributed by atoms with E-state index in [1.165, 1.54) is 33.6 Å². The van der Waals surface area contributed by atoms with Gasteiger partial charge in [-0.3, -0.25) is 14.4 Å². The van der Waals surface area contributed by atoms with Crippen molar-refractivity contribution in [1.29, 1.82) is 0 Å². The number of nitrogens with zero attached hydrogens (tertiary/aromatic N) is 2. The van der Waals surface area contributed by atoms with Gasteiger partial charge in [0.25, 0.3) is 5.91 Å². The minimum Gasteiger partial charge on any atom is -0.391 e. The predicted molar refractivity (Wildman–Crippen MR) is 177 cm³/mol. The third-order valence-electron chi connectivity index (χ3n) is 6.82. The van der Waals surface area contributed by atoms with Gasteiger partial charge in [0, 0.05) is 43.1 Å². The maximum atomic E-state index is 12.1. The van der Waals surface area contributed by atoms with Gasteiger partial charge in [-0.2, -0.15) is 0 Å². The van der Waals surface area contributed by atoms with Crippen LogP contribution in [0.2, 0.25) is 0 Å². The molecule has 1 unspecified atom stereocenters. The Kier molecular flexibility index (Phi) is 15.7. The zero-order valence-corrected chi connectivity index (χ0v) is 27.4. The highest BCUT2D eigenvalue weighted by Gasteiger charge is 2.31. The number of aryl methyl sites for hydroxylation is 1. The number of hydrogen-bond donors (Lipinski definition) is 2. The van der Waals surface area contributed by atoms with Crippen molar-refractivity contribution in [3.05, 3.63) is 75.9 Å². The quantitative estimate of drug-likeness (QED) is 0.285. The summed E-state index contributed by atoms with van der Waals surface area (Å²) >= 11 is 1.60. The van der Waals surface area contributed by atoms with Crippen molar-refractivity contribution in [1.82, 2.24) is 15.1 Å². The van der Waals surface area contributed by atoms with Crippen LogP contribution in [0.25, 0.3) is 4.91 Å². The maximum Gasteiger partial charge on any atom is 0.254 e. The lowest BCUT2D eigenvalue weighted by Crippen LogP contribution is -2.39. The summed E-state index contributed by atoms with van der Waals surface area (Å²) in [6.07, 6.45) is 4.02. The number of aliphatic hydroxyl groups excluding tert-OH is 1. The van der Waals surface area contributed by atoms with E-state index < -0.39 is 6.10 Å². The van der Waals surface area contributed by atoms with Crippen LogP contribution in [-0.2, 0) is 29.1 Å². The molecule has 0 spiro atoms. The number of amides is 3. The zero-order valence-electron chi connectivity index (χ0n) is 26.5. The Bertz CT molecular complexity index is 1320. The summed E-state index contributed by atoms with van der Waals surface area (Å²) in [5.74, 6) is 2.94. The number of rotatable bonds is 8. The van der Waals surface area contributed by atoms with E-state index in [0.717, 1.165) is 24.8 Å². The number of hydrogen-bond acceptors (Lipinski definition) is 5. The van der Waals surface area contributed by atoms with Crippen LogP contribution in [-0.4, -0.2) is 58.9 Å². The Balaban J connectivity index is 0.000000276. The fourth-order valence-electron chi connectivity index (χ4n) is 4.70. The summed E-state index contributed by atoms with van der Waals surface area (Å²) in [5.41, 5.74) is 6.58. The Labute approximate surface area is 262 Å². The molecule has 8 heteroatoms. The van der Waals surface area contributed by atoms with Crippen molar-refractivity contribution in [3.8, 4) is 11.2 Å². The van der Waals surface area contributed by atoms with Crippen LogP contribution in [0.15, 0.2) is 48.0 Å². The van der Waals surface area contributed by atoms with Crippen molar-refractivity contribution in [3.63, 3.8) is 0 Å². The van der Waals surface area contributed by atoms with E-state index in [2.05, 4.69) is 76.2 Å². The summed E-state index contributed by atoms with van der Waals surface area (Å²) in [5, 5.41) is 15.3. The topological polar surface area (TPSA) is 90.0 Å². The predicted octanol–water partition coefficient (Wildman–Crippen LogP) is 6.00. The smallest absolute Gasteiger partial charge is 0.254 e. The maximum absolute atomic E-state index is 12.1. The minimum atomic E-state index is -0.421. The van der Waals surface area contributed by atoms with Gasteiger partial charge in [-0.1, -0.05) is 82.0 Å². The molecule has 0 aromatic heterocycles. The Morgan fingerprint density at radius 3 is 2.42 bits per heavy atom. The fraction of sp³-hybridized carbons (Fsp3) is 0.457. The number of fused-ring (bicyclic) bond motifs is 1. The van der Waals surface area contributed by atoms with Crippen LogP contribution >= 0.6 is 11.8 Å². The van der Waals surface area contributed by atoms with E-state index in [-0.39, 0.29) is 18.4 Å². The Hall–Kier alpha value is -3.54. The number of β-amino-alcohol motifs (C(OH)–C–C–N with tert-alkyl or cyclic N) is 1. The molecule has 4 rings (SSSR count). The van der Waals surface area contributed by atoms with Crippen molar-refractivity contribution in [2.24, 2.45) is 0 Å². The molecule has 1 saturated heterocycles. The first-order chi connectivity index (χ1) is 20.7. The first-order valence-electron chi connectivity index (χ1n) is 15.1. The van der Waals surface area contributed by atoms with Crippen molar-refractivity contribution >= 4 is 34.9 Å². The first kappa shape index (κ1) is 35.7. The van der Waals surface area contributed by atoms with Crippen LogP contribution in [0.5, 0.6) is 0 Å². The summed E-state index contributed by atoms with van der Waals surface area (Å²) in [7, 11) is 0. The average Bonchev–Trinajstić information content (AvgIpc) is 3.57. The lowest BCUT2D eigenvalue weighted by atomic mass is 10.0. The lowest BCUT2D eigenvalue weighted by molar-refractivity contribution is -0.131. The van der Waals surface area contributed by atoms with Crippen molar-refractivity contribution < 1.29 is 19.5 Å². The van der Waals surface area contributed by atoms with Gasteiger partial charge in [0.2, 0.25) is 12.3 Å². The molecule has 2 aliphatic heterocycles. The number of likely N-dealkylation sites (tertiary alicyclic amines) is 1. The molecule has 43 heavy (non-hydrogen) atoms. The van der Waals surface area contributed by atoms with E-state index >= 15 is 0 Å². The van der Waals surface area contributed by atoms with Gasteiger partial charge >= 0.3 is 0 Å². The molecular weight excluding hydrogens is 558 g/mol. The summed E-state index contributed by atoms with van der Waals surface area (Å²) < 4.78 is 0. The molecule has 1 atom stereocenters. The van der Waals surface area contributed by atoms with Gasteiger partial charge in [0.1, 0.15) is 6.54 Å². The second-order valence-corrected chi connectivity index (χ2v) is 11.5. The van der Waals surface area contributed by atoms with E-state index in [1.807, 2.05) is 18.2 Å². The number of thioether (sulfide) groups is 1. The molecule has 232 valence electrons. The third kappa shape index (κ3) is 10.9. The van der Waals surface area contributed by atoms with Crippen LogP contribution in [0.4, 0.5) is 0 Å². The van der Waals surface area contributed by atoms with Crippen LogP contribution in [0.3, 0.4) is 0 Å². The summed E-state index contributed by atoms with van der Waals surface area (Å²) in [6, 6.07) is 13.9. The van der Waals surface area contributed by atoms with E-state index in [1.54, 1.807) is 27.6 Å². The Morgan fingerprint density at radius 1 is 1.12 bits per heavy atom. The van der Waals surface area contributed by atoms with Crippen molar-refractivity contribution in [2.45, 2.75) is 86.4 Å². The number of aliphatic hydroxyl groups is 1. The van der Waals surface area contributed by atoms with Gasteiger partial charge in [0.05, 0.1) is 6.10 Å². The number of allylic oxidation sites excluding steroid dienone is 1. The molecule has 2 N–H and O–H groups in total. The fourth-order valence-corrected chi connectivity index (χ4v) is 5.47. The van der Waals surface area contributed by atoms with Crippen molar-refractivity contribution in [2.75, 3.05) is 19.6 Å². The standard InChI is InChI=1S/C18H23NOS.C14H16N2O3.C3H8/c1-5-7-10-21-18(14(3)4)16-8-9-17(12-19-13-20)15(6-2)11-16;17-11-5-6-15(8-11)13(18)9-16-7-10-3-1-2-4-12(10)14(16)19;1-3-2/h8-9,11,13H,5-6,12H2,1-4H3,(H,19,20);1-4,11,17H,5-9H2;3H2,1-2H3. The molecule has 7 nitrogen and oxygen atoms in total. The second kappa shape index (κ2) is 18.9. The molecule has 1 fully saturated rings. The van der Waals surface area contributed by atoms with Gasteiger partial charge in [-0.05, 0) is 72.0 Å². The van der Waals surface area contributed by atoms with E-state index in [9.17, 15) is 19.5 Å². The molecule has 0 radical (unpaired) electrons. The van der Waals surface area contributed by atoms with E-state index in [0.29, 0.717) is 38.2 Å². The second-order valence-electron chi connectivity index (χ2n) is 10.7. The van der Waals surface area contributed by atoms with Gasteiger partial charge in [-0.25, -0.2) is 0 Å². The first-order valence-corrected chi connectivity index (χ1v) is 16.0. The van der Waals surface area contributed by atoms with Gasteiger partial charge < -0.3 is 20.2 Å². The summed E-state index contributed by atoms with van der Waals surface area (Å²) in [4.78, 5) is 39.0. The van der Waals surface area contributed by atoms with Gasteiger partial charge in [-0.15, -0.1) is 0 Å². The highest BCUT2D eigenvalue weighted by molar-refractivity contribution is 8.12. The number of benzene rings is 2. The molecule has 2 heterocycles. The zero-order chi connectivity index (χ0) is 31.8. The largest absolute Gasteiger partial charge is 0.391 e. The SMILES string of the molecule is CCC.CCC#CSC(=C(C)C)c1ccc(CNC=O)c(CC)c1.O=C(CN1Cc2ccccc2C1=O)N1CCC(O)C1. The van der Waals surface area contributed by atoms with Crippen LogP contribution in [0.1, 0.15) is 93.4 Å². The highest BCUT2D eigenvalue weighted by atomic mass is 32.2. The van der Waals surface area contributed by atoms with Crippen LogP contribution in [0, 0.1) is 11.2 Å². The molecule has 3 amide bonds. The van der Waals surface area contributed by atoms with Gasteiger partial charge in [0.15, 0.2) is 0 Å². The lowest BCUT2D eigenvalue weighted by Gasteiger charge is -2.20. The number of carbonyl (C=O) groups is 3. The minimum absolute atomic E-state index is 0.0799. The highest BCUT2D eigenvalue weighted by Crippen LogP contribution is 2.31. The molecule has 2 aliphatic rings. The monoisotopic (exact) mass is 605 g/mol. The normalized spacial score (nSPS) is 14.8. The third-order valence-corrected chi connectivity index (χ3v) is 7.91. The summed E-state index contributed by atoms with van der Waals surface area (Å²) in [6.45, 7) is 14.8. The molecule has 2 aromatic rings. The number of carbonyl (C=O) groups excluding carboxylic acids is 3.